The van der Waals surface area contributed by atoms with Gasteiger partial charge in [0.15, 0.2) is 0 Å². The van der Waals surface area contributed by atoms with Gasteiger partial charge in [-0.05, 0) is 46.5 Å². The van der Waals surface area contributed by atoms with Gasteiger partial charge in [0.25, 0.3) is 0 Å². The van der Waals surface area contributed by atoms with Crippen molar-refractivity contribution in [2.24, 2.45) is 11.8 Å². The summed E-state index contributed by atoms with van der Waals surface area (Å²) in [6.45, 7) is 16.8. The maximum absolute atomic E-state index is 12.5. The smallest absolute Gasteiger partial charge is 0.329 e. The predicted molar refractivity (Wildman–Crippen MR) is 118 cm³/mol. The number of hydrogen-bond donors (Lipinski definition) is 2. The van der Waals surface area contributed by atoms with Gasteiger partial charge < -0.3 is 24.8 Å². The maximum Gasteiger partial charge on any atom is 0.329 e. The van der Waals surface area contributed by atoms with Crippen molar-refractivity contribution in [3.05, 3.63) is 0 Å². The van der Waals surface area contributed by atoms with Crippen LogP contribution in [0, 0.1) is 11.8 Å². The third-order valence-corrected chi connectivity index (χ3v) is 4.00. The largest absolute Gasteiger partial charge is 0.464 e. The van der Waals surface area contributed by atoms with Gasteiger partial charge in [0.05, 0.1) is 18.8 Å². The van der Waals surface area contributed by atoms with Crippen LogP contribution in [0.1, 0.15) is 62.3 Å². The van der Waals surface area contributed by atoms with Gasteiger partial charge in [0.2, 0.25) is 11.9 Å². The molecule has 0 aromatic carbocycles. The highest BCUT2D eigenvalue weighted by molar-refractivity contribution is 5.80. The Balaban J connectivity index is 3.20. The number of esters is 2. The lowest BCUT2D eigenvalue weighted by molar-refractivity contribution is -0.150. The number of rotatable bonds is 12. The van der Waals surface area contributed by atoms with E-state index in [1.54, 1.807) is 34.6 Å². The second-order valence-electron chi connectivity index (χ2n) is 8.40. The second kappa shape index (κ2) is 12.3. The van der Waals surface area contributed by atoms with Crippen LogP contribution in [-0.2, 0) is 19.1 Å². The third-order valence-electron chi connectivity index (χ3n) is 4.00. The molecular weight excluding hydrogens is 402 g/mol. The Morgan fingerprint density at radius 3 is 1.42 bits per heavy atom. The first kappa shape index (κ1) is 26.4. The molecule has 1 rings (SSSR count). The zero-order valence-corrected chi connectivity index (χ0v) is 20.1. The summed E-state index contributed by atoms with van der Waals surface area (Å²) < 4.78 is 16.1. The first-order valence-corrected chi connectivity index (χ1v) is 10.8. The number of aromatic nitrogens is 3. The zero-order chi connectivity index (χ0) is 23.7. The Morgan fingerprint density at radius 2 is 1.13 bits per heavy atom. The summed E-state index contributed by atoms with van der Waals surface area (Å²) in [5.74, 6) is -0.698. The molecule has 0 fully saturated rings. The highest BCUT2D eigenvalue weighted by Gasteiger charge is 2.28. The van der Waals surface area contributed by atoms with Crippen LogP contribution in [0.5, 0.6) is 6.01 Å². The molecule has 1 aromatic heterocycles. The summed E-state index contributed by atoms with van der Waals surface area (Å²) in [6, 6.07) is -1.26. The number of carbonyl (C=O) groups excluding carboxylic acids is 2. The molecule has 176 valence electrons. The Kier molecular flexibility index (Phi) is 10.4. The number of hydrogen-bond acceptors (Lipinski definition) is 10. The monoisotopic (exact) mass is 439 g/mol. The quantitative estimate of drug-likeness (QED) is 0.469. The molecule has 10 heteroatoms. The van der Waals surface area contributed by atoms with E-state index in [1.807, 2.05) is 27.7 Å². The molecule has 0 radical (unpaired) electrons. The molecule has 31 heavy (non-hydrogen) atoms. The van der Waals surface area contributed by atoms with Gasteiger partial charge in [-0.3, -0.25) is 0 Å². The Labute approximate surface area is 184 Å². The molecule has 0 spiro atoms. The lowest BCUT2D eigenvalue weighted by atomic mass is 10.0. The average molecular weight is 440 g/mol. The minimum Gasteiger partial charge on any atom is -0.464 e. The minimum atomic E-state index is -0.668. The molecule has 1 heterocycles. The van der Waals surface area contributed by atoms with Gasteiger partial charge in [-0.25, -0.2) is 9.59 Å². The highest BCUT2D eigenvalue weighted by Crippen LogP contribution is 2.18. The van der Waals surface area contributed by atoms with Crippen molar-refractivity contribution in [3.63, 3.8) is 0 Å². The van der Waals surface area contributed by atoms with E-state index in [4.69, 9.17) is 14.2 Å². The molecule has 0 amide bonds. The highest BCUT2D eigenvalue weighted by atomic mass is 16.5. The molecule has 0 aliphatic carbocycles. The lowest BCUT2D eigenvalue weighted by Gasteiger charge is -2.24. The fourth-order valence-electron chi connectivity index (χ4n) is 2.56. The van der Waals surface area contributed by atoms with Crippen LogP contribution in [0.4, 0.5) is 11.9 Å². The summed E-state index contributed by atoms with van der Waals surface area (Å²) in [5.41, 5.74) is 0. The van der Waals surface area contributed by atoms with Gasteiger partial charge >= 0.3 is 17.9 Å². The van der Waals surface area contributed by atoms with Crippen molar-refractivity contribution in [2.45, 2.75) is 86.6 Å². The van der Waals surface area contributed by atoms with Crippen molar-refractivity contribution >= 4 is 23.8 Å². The molecule has 10 nitrogen and oxygen atoms in total. The van der Waals surface area contributed by atoms with E-state index < -0.39 is 24.0 Å². The molecule has 0 saturated heterocycles. The zero-order valence-electron chi connectivity index (χ0n) is 20.1. The normalized spacial score (nSPS) is 13.3. The van der Waals surface area contributed by atoms with E-state index >= 15 is 0 Å². The predicted octanol–water partition coefficient (Wildman–Crippen LogP) is 3.05. The van der Waals surface area contributed by atoms with Crippen LogP contribution in [0.15, 0.2) is 0 Å². The van der Waals surface area contributed by atoms with Crippen molar-refractivity contribution in [1.29, 1.82) is 0 Å². The molecule has 0 aliphatic rings. The molecular formula is C21H37N5O5. The fourth-order valence-corrected chi connectivity index (χ4v) is 2.56. The maximum atomic E-state index is 12.5. The molecule has 2 atom stereocenters. The Bertz CT molecular complexity index is 670. The first-order valence-electron chi connectivity index (χ1n) is 10.8. The van der Waals surface area contributed by atoms with E-state index in [2.05, 4.69) is 25.6 Å². The molecule has 1 aromatic rings. The minimum absolute atomic E-state index is 0.0713. The molecule has 0 saturated carbocycles. The standard InChI is InChI=1S/C21H37N5O5/c1-10-29-21-25-19(22-15(11(2)3)17(27)30-13(6)7)24-20(26-21)23-16(12(4)5)18(28)31-14(8)9/h11-16H,10H2,1-9H3,(H2,22,23,24,25,26). The van der Waals surface area contributed by atoms with Gasteiger partial charge in [-0.2, -0.15) is 15.0 Å². The van der Waals surface area contributed by atoms with Crippen molar-refractivity contribution in [2.75, 3.05) is 17.2 Å². The van der Waals surface area contributed by atoms with Crippen LogP contribution >= 0.6 is 0 Å². The molecule has 0 aliphatic heterocycles. The molecule has 2 N–H and O–H groups in total. The van der Waals surface area contributed by atoms with E-state index in [1.165, 1.54) is 0 Å². The molecule has 2 unspecified atom stereocenters. The first-order chi connectivity index (χ1) is 14.4. The third kappa shape index (κ3) is 8.94. The number of nitrogens with one attached hydrogen (secondary N) is 2. The van der Waals surface area contributed by atoms with Gasteiger partial charge in [-0.15, -0.1) is 0 Å². The van der Waals surface area contributed by atoms with E-state index in [-0.39, 0.29) is 42.0 Å². The summed E-state index contributed by atoms with van der Waals surface area (Å²) in [4.78, 5) is 37.8. The van der Waals surface area contributed by atoms with Crippen molar-refractivity contribution in [3.8, 4) is 6.01 Å². The van der Waals surface area contributed by atoms with Crippen molar-refractivity contribution in [1.82, 2.24) is 15.0 Å². The topological polar surface area (TPSA) is 125 Å². The lowest BCUT2D eigenvalue weighted by Crippen LogP contribution is -2.39. The average Bonchev–Trinajstić information content (AvgIpc) is 2.62. The number of carbonyl (C=O) groups is 2. The van der Waals surface area contributed by atoms with Gasteiger partial charge in [0, 0.05) is 0 Å². The Hall–Kier alpha value is -2.65. The summed E-state index contributed by atoms with van der Waals surface area (Å²) >= 11 is 0. The van der Waals surface area contributed by atoms with E-state index in [0.717, 1.165) is 0 Å². The van der Waals surface area contributed by atoms with Crippen LogP contribution in [-0.4, -0.2) is 57.8 Å². The number of ether oxygens (including phenoxy) is 3. The summed E-state index contributed by atoms with van der Waals surface area (Å²) in [5, 5.41) is 6.03. The van der Waals surface area contributed by atoms with Crippen LogP contribution in [0.25, 0.3) is 0 Å². The molecule has 0 bridgehead atoms. The van der Waals surface area contributed by atoms with Crippen LogP contribution in [0.2, 0.25) is 0 Å². The van der Waals surface area contributed by atoms with Crippen LogP contribution < -0.4 is 15.4 Å². The van der Waals surface area contributed by atoms with Gasteiger partial charge in [0.1, 0.15) is 12.1 Å². The Morgan fingerprint density at radius 1 is 0.742 bits per heavy atom. The number of nitrogens with zero attached hydrogens (tertiary/aromatic N) is 3. The van der Waals surface area contributed by atoms with Crippen molar-refractivity contribution < 1.29 is 23.8 Å². The van der Waals surface area contributed by atoms with E-state index in [9.17, 15) is 9.59 Å². The number of anilines is 2. The second-order valence-corrected chi connectivity index (χ2v) is 8.40. The van der Waals surface area contributed by atoms with Gasteiger partial charge in [-0.1, -0.05) is 27.7 Å². The van der Waals surface area contributed by atoms with E-state index in [0.29, 0.717) is 6.61 Å². The van der Waals surface area contributed by atoms with Crippen LogP contribution in [0.3, 0.4) is 0 Å². The summed E-state index contributed by atoms with van der Waals surface area (Å²) in [6.07, 6.45) is -0.493. The SMILES string of the molecule is CCOc1nc(NC(C(=O)OC(C)C)C(C)C)nc(NC(C(=O)OC(C)C)C(C)C)n1. The fraction of sp³-hybridized carbons (Fsp3) is 0.762. The summed E-state index contributed by atoms with van der Waals surface area (Å²) in [7, 11) is 0.